The number of nitrogens with zero attached hydrogens (tertiary/aromatic N) is 6. The van der Waals surface area contributed by atoms with Crippen molar-refractivity contribution in [3.63, 3.8) is 0 Å². The van der Waals surface area contributed by atoms with Gasteiger partial charge in [0, 0.05) is 12.0 Å². The Hall–Kier alpha value is -4.72. The second kappa shape index (κ2) is 8.67. The molecular weight excluding hydrogens is 428 g/mol. The second-order valence-corrected chi connectivity index (χ2v) is 7.67. The zero-order valence-electron chi connectivity index (χ0n) is 18.5. The molecule has 0 atom stereocenters. The molecular formula is C26H22N6O2. The molecule has 0 aliphatic heterocycles. The number of hydrogen-bond acceptors (Lipinski definition) is 6. The summed E-state index contributed by atoms with van der Waals surface area (Å²) in [6.07, 6.45) is 3.56. The van der Waals surface area contributed by atoms with Crippen LogP contribution in [0.1, 0.15) is 12.5 Å². The standard InChI is InChI=1S/C26H22N6O2/c1-3-17(25(33)23(4-2)31-27-19-11-5-6-12-20(19)28-31)16-18-10-9-15-24(26(18)34)32-29-21-13-7-8-14-22(21)30-32/h3-15,33-34H,2,16H2,1H3/b17-3-,25-23-. The molecule has 2 heterocycles. The summed E-state index contributed by atoms with van der Waals surface area (Å²) in [4.78, 5) is 2.79. The van der Waals surface area contributed by atoms with Crippen LogP contribution in [-0.4, -0.2) is 40.2 Å². The third kappa shape index (κ3) is 3.71. The average Bonchev–Trinajstić information content (AvgIpc) is 3.48. The average molecular weight is 451 g/mol. The summed E-state index contributed by atoms with van der Waals surface area (Å²) in [6.45, 7) is 5.65. The van der Waals surface area contributed by atoms with Gasteiger partial charge in [-0.3, -0.25) is 0 Å². The molecule has 0 saturated heterocycles. The Morgan fingerprint density at radius 3 is 1.94 bits per heavy atom. The zero-order valence-corrected chi connectivity index (χ0v) is 18.5. The molecule has 2 N–H and O–H groups in total. The maximum atomic E-state index is 11.1. The lowest BCUT2D eigenvalue weighted by molar-refractivity contribution is 0.417. The van der Waals surface area contributed by atoms with Gasteiger partial charge in [0.1, 0.15) is 45.0 Å². The topological polar surface area (TPSA) is 102 Å². The Kier molecular flexibility index (Phi) is 5.39. The summed E-state index contributed by atoms with van der Waals surface area (Å²) in [6, 6.07) is 20.3. The molecule has 0 aliphatic carbocycles. The summed E-state index contributed by atoms with van der Waals surface area (Å²) in [5, 5.41) is 39.9. The van der Waals surface area contributed by atoms with Crippen LogP contribution in [0.25, 0.3) is 33.5 Å². The van der Waals surface area contributed by atoms with E-state index in [9.17, 15) is 10.2 Å². The highest BCUT2D eigenvalue weighted by molar-refractivity contribution is 5.75. The first-order valence-electron chi connectivity index (χ1n) is 10.8. The highest BCUT2D eigenvalue weighted by Crippen LogP contribution is 2.30. The van der Waals surface area contributed by atoms with E-state index in [-0.39, 0.29) is 17.9 Å². The van der Waals surface area contributed by atoms with E-state index < -0.39 is 0 Å². The summed E-state index contributed by atoms with van der Waals surface area (Å²) >= 11 is 0. The first kappa shape index (κ1) is 21.1. The molecule has 8 heteroatoms. The van der Waals surface area contributed by atoms with Gasteiger partial charge in [0.25, 0.3) is 0 Å². The van der Waals surface area contributed by atoms with Crippen molar-refractivity contribution in [3.05, 3.63) is 102 Å². The Morgan fingerprint density at radius 1 is 0.853 bits per heavy atom. The number of benzene rings is 3. The molecule has 0 aliphatic rings. The molecule has 0 unspecified atom stereocenters. The lowest BCUT2D eigenvalue weighted by Gasteiger charge is -2.13. The van der Waals surface area contributed by atoms with Crippen molar-refractivity contribution in [1.29, 1.82) is 0 Å². The van der Waals surface area contributed by atoms with Gasteiger partial charge >= 0.3 is 0 Å². The van der Waals surface area contributed by atoms with Crippen LogP contribution in [0.2, 0.25) is 0 Å². The van der Waals surface area contributed by atoms with E-state index >= 15 is 0 Å². The van der Waals surface area contributed by atoms with Crippen LogP contribution in [-0.2, 0) is 6.42 Å². The van der Waals surface area contributed by atoms with Gasteiger partial charge < -0.3 is 10.2 Å². The number of aromatic hydroxyl groups is 1. The van der Waals surface area contributed by atoms with Crippen molar-refractivity contribution in [2.75, 3.05) is 0 Å². The number of fused-ring (bicyclic) bond motifs is 2. The highest BCUT2D eigenvalue weighted by Gasteiger charge is 2.17. The first-order chi connectivity index (χ1) is 16.6. The second-order valence-electron chi connectivity index (χ2n) is 7.67. The van der Waals surface area contributed by atoms with Gasteiger partial charge in [-0.2, -0.15) is 0 Å². The number of allylic oxidation sites excluding steroid dienone is 4. The van der Waals surface area contributed by atoms with Crippen LogP contribution >= 0.6 is 0 Å². The Morgan fingerprint density at radius 2 is 1.41 bits per heavy atom. The van der Waals surface area contributed by atoms with Crippen LogP contribution in [0.4, 0.5) is 0 Å². The molecule has 5 rings (SSSR count). The largest absolute Gasteiger partial charge is 0.505 e. The third-order valence-corrected chi connectivity index (χ3v) is 5.57. The minimum Gasteiger partial charge on any atom is -0.505 e. The van der Waals surface area contributed by atoms with Crippen molar-refractivity contribution in [2.45, 2.75) is 13.3 Å². The number of phenols is 1. The Balaban J connectivity index is 1.51. The number of rotatable bonds is 6. The predicted molar refractivity (Wildman–Crippen MR) is 132 cm³/mol. The van der Waals surface area contributed by atoms with Gasteiger partial charge in [0.05, 0.1) is 0 Å². The lowest BCUT2D eigenvalue weighted by atomic mass is 10.0. The Labute approximate surface area is 195 Å². The van der Waals surface area contributed by atoms with E-state index in [4.69, 9.17) is 0 Å². The first-order valence-corrected chi connectivity index (χ1v) is 10.8. The van der Waals surface area contributed by atoms with Crippen LogP contribution in [0.5, 0.6) is 5.75 Å². The molecule has 8 nitrogen and oxygen atoms in total. The van der Waals surface area contributed by atoms with Crippen LogP contribution in [0.3, 0.4) is 0 Å². The molecule has 0 amide bonds. The molecule has 0 spiro atoms. The minimum atomic E-state index is -0.0226. The fraction of sp³-hybridized carbons (Fsp3) is 0.0769. The van der Waals surface area contributed by atoms with E-state index in [0.717, 1.165) is 11.0 Å². The van der Waals surface area contributed by atoms with Crippen molar-refractivity contribution < 1.29 is 10.2 Å². The smallest absolute Gasteiger partial charge is 0.146 e. The normalized spacial score (nSPS) is 12.8. The van der Waals surface area contributed by atoms with Gasteiger partial charge in [-0.1, -0.05) is 49.1 Å². The number of aromatic nitrogens is 6. The summed E-state index contributed by atoms with van der Waals surface area (Å²) in [5.41, 5.74) is 4.88. The summed E-state index contributed by atoms with van der Waals surface area (Å²) in [5.74, 6) is 0.0172. The molecule has 0 bridgehead atoms. The minimum absolute atomic E-state index is 0.0226. The number of phenolic OH excluding ortho intramolecular Hbond substituents is 1. The molecule has 0 radical (unpaired) electrons. The molecule has 0 saturated carbocycles. The van der Waals surface area contributed by atoms with Crippen LogP contribution < -0.4 is 0 Å². The van der Waals surface area contributed by atoms with Crippen molar-refractivity contribution in [2.24, 2.45) is 0 Å². The van der Waals surface area contributed by atoms with Crippen LogP contribution in [0, 0.1) is 0 Å². The SMILES string of the molecule is C=C/C(=C(O)\C(=C/C)Cc1cccc(-n2nc3ccccc3n2)c1O)n1nc2ccccc2n1. The van der Waals surface area contributed by atoms with E-state index in [1.807, 2.05) is 61.5 Å². The maximum absolute atomic E-state index is 11.1. The summed E-state index contributed by atoms with van der Waals surface area (Å²) < 4.78 is 0. The molecule has 3 aromatic carbocycles. The molecule has 168 valence electrons. The van der Waals surface area contributed by atoms with E-state index in [2.05, 4.69) is 27.0 Å². The fourth-order valence-electron chi connectivity index (χ4n) is 3.78. The van der Waals surface area contributed by atoms with Crippen molar-refractivity contribution in [1.82, 2.24) is 30.0 Å². The van der Waals surface area contributed by atoms with Crippen molar-refractivity contribution in [3.8, 4) is 11.4 Å². The van der Waals surface area contributed by atoms with Gasteiger partial charge in [0.2, 0.25) is 0 Å². The molecule has 0 fully saturated rings. The Bertz CT molecular complexity index is 1530. The molecule has 34 heavy (non-hydrogen) atoms. The van der Waals surface area contributed by atoms with Crippen molar-refractivity contribution >= 4 is 27.8 Å². The van der Waals surface area contributed by atoms with Crippen LogP contribution in [0.15, 0.2) is 96.8 Å². The number of hydrogen-bond donors (Lipinski definition) is 2. The monoisotopic (exact) mass is 450 g/mol. The number of aliphatic hydroxyl groups excluding tert-OH is 1. The lowest BCUT2D eigenvalue weighted by Crippen LogP contribution is -2.06. The van der Waals surface area contributed by atoms with E-state index in [1.165, 1.54) is 15.7 Å². The predicted octanol–water partition coefficient (Wildman–Crippen LogP) is 4.97. The van der Waals surface area contributed by atoms with Gasteiger partial charge in [0.15, 0.2) is 0 Å². The maximum Gasteiger partial charge on any atom is 0.146 e. The highest BCUT2D eigenvalue weighted by atomic mass is 16.3. The summed E-state index contributed by atoms with van der Waals surface area (Å²) in [7, 11) is 0. The number of para-hydroxylation sites is 1. The van der Waals surface area contributed by atoms with E-state index in [1.54, 1.807) is 18.2 Å². The third-order valence-electron chi connectivity index (χ3n) is 5.57. The molecule has 5 aromatic rings. The fourth-order valence-corrected chi connectivity index (χ4v) is 3.78. The molecule has 2 aromatic heterocycles. The van der Waals surface area contributed by atoms with Gasteiger partial charge in [-0.15, -0.1) is 30.0 Å². The van der Waals surface area contributed by atoms with Gasteiger partial charge in [-0.25, -0.2) is 0 Å². The quantitative estimate of drug-likeness (QED) is 0.280. The van der Waals surface area contributed by atoms with E-state index in [0.29, 0.717) is 33.6 Å². The number of aliphatic hydroxyl groups is 1. The zero-order chi connectivity index (χ0) is 23.7. The van der Waals surface area contributed by atoms with Gasteiger partial charge in [-0.05, 0) is 48.9 Å².